The molecule has 88 valence electrons. The van der Waals surface area contributed by atoms with E-state index in [0.717, 1.165) is 19.3 Å². The maximum Gasteiger partial charge on any atom is 0.313 e. The van der Waals surface area contributed by atoms with Gasteiger partial charge in [-0.25, -0.2) is 0 Å². The third kappa shape index (κ3) is 1.11. The monoisotopic (exact) mass is 220 g/mol. The SMILES string of the molecule is C=C1CC[C@H]2[C@@H](C)CCC[C@@]23C(=O)OC[C@@H]13. The highest BCUT2D eigenvalue weighted by Gasteiger charge is 2.61. The molecule has 2 aliphatic carbocycles. The van der Waals surface area contributed by atoms with E-state index in [1.807, 2.05) is 0 Å². The number of rotatable bonds is 0. The summed E-state index contributed by atoms with van der Waals surface area (Å²) in [6.45, 7) is 7.08. The average molecular weight is 220 g/mol. The molecule has 0 bridgehead atoms. The quantitative estimate of drug-likeness (QED) is 0.463. The molecule has 0 aromatic carbocycles. The molecule has 0 aromatic heterocycles. The fourth-order valence-electron chi connectivity index (χ4n) is 4.42. The largest absolute Gasteiger partial charge is 0.465 e. The summed E-state index contributed by atoms with van der Waals surface area (Å²) in [5, 5.41) is 0. The molecule has 4 atom stereocenters. The van der Waals surface area contributed by atoms with Gasteiger partial charge in [0.05, 0.1) is 12.0 Å². The molecule has 0 aromatic rings. The molecular formula is C14H20O2. The first-order chi connectivity index (χ1) is 7.66. The zero-order valence-electron chi connectivity index (χ0n) is 10.00. The van der Waals surface area contributed by atoms with Gasteiger partial charge in [0.1, 0.15) is 0 Å². The van der Waals surface area contributed by atoms with E-state index in [9.17, 15) is 4.79 Å². The fourth-order valence-corrected chi connectivity index (χ4v) is 4.42. The standard InChI is InChI=1S/C14H20O2/c1-9-4-3-7-14-11(9)6-5-10(2)12(14)8-16-13(14)15/h9,11-12H,2-8H2,1H3/t9-,11-,12-,14+/m0/s1. The predicted octanol–water partition coefficient (Wildman–Crippen LogP) is 2.93. The van der Waals surface area contributed by atoms with Crippen molar-refractivity contribution in [3.63, 3.8) is 0 Å². The van der Waals surface area contributed by atoms with Gasteiger partial charge < -0.3 is 4.74 Å². The number of esters is 1. The van der Waals surface area contributed by atoms with Crippen LogP contribution in [0, 0.1) is 23.2 Å². The number of hydrogen-bond acceptors (Lipinski definition) is 2. The van der Waals surface area contributed by atoms with Crippen LogP contribution < -0.4 is 0 Å². The normalized spacial score (nSPS) is 47.2. The molecule has 3 rings (SSSR count). The van der Waals surface area contributed by atoms with Crippen LogP contribution in [0.1, 0.15) is 39.0 Å². The van der Waals surface area contributed by atoms with E-state index in [-0.39, 0.29) is 11.4 Å². The minimum Gasteiger partial charge on any atom is -0.465 e. The van der Waals surface area contributed by atoms with Crippen molar-refractivity contribution < 1.29 is 9.53 Å². The highest BCUT2D eigenvalue weighted by Crippen LogP contribution is 2.59. The van der Waals surface area contributed by atoms with Gasteiger partial charge in [0.15, 0.2) is 0 Å². The molecule has 0 radical (unpaired) electrons. The fraction of sp³-hybridized carbons (Fsp3) is 0.786. The van der Waals surface area contributed by atoms with Crippen molar-refractivity contribution in [2.24, 2.45) is 23.2 Å². The van der Waals surface area contributed by atoms with E-state index >= 15 is 0 Å². The second-order valence-electron chi connectivity index (χ2n) is 5.86. The Hall–Kier alpha value is -0.790. The second-order valence-corrected chi connectivity index (χ2v) is 5.86. The summed E-state index contributed by atoms with van der Waals surface area (Å²) in [7, 11) is 0. The molecule has 16 heavy (non-hydrogen) atoms. The van der Waals surface area contributed by atoms with Crippen molar-refractivity contribution >= 4 is 5.97 Å². The molecular weight excluding hydrogens is 200 g/mol. The minimum absolute atomic E-state index is 0.0786. The van der Waals surface area contributed by atoms with Crippen LogP contribution in [-0.4, -0.2) is 12.6 Å². The molecule has 3 fully saturated rings. The van der Waals surface area contributed by atoms with E-state index in [4.69, 9.17) is 4.74 Å². The van der Waals surface area contributed by atoms with E-state index in [1.165, 1.54) is 18.4 Å². The molecule has 2 nitrogen and oxygen atoms in total. The lowest BCUT2D eigenvalue weighted by atomic mass is 9.52. The van der Waals surface area contributed by atoms with Gasteiger partial charge in [-0.05, 0) is 31.1 Å². The summed E-state index contributed by atoms with van der Waals surface area (Å²) in [4.78, 5) is 12.2. The van der Waals surface area contributed by atoms with Crippen LogP contribution in [-0.2, 0) is 9.53 Å². The maximum absolute atomic E-state index is 12.2. The van der Waals surface area contributed by atoms with Crippen LogP contribution in [0.2, 0.25) is 0 Å². The third-order valence-corrected chi connectivity index (χ3v) is 5.25. The average Bonchev–Trinajstić information content (AvgIpc) is 2.58. The highest BCUT2D eigenvalue weighted by atomic mass is 16.5. The summed E-state index contributed by atoms with van der Waals surface area (Å²) < 4.78 is 5.38. The van der Waals surface area contributed by atoms with Gasteiger partial charge >= 0.3 is 5.97 Å². The van der Waals surface area contributed by atoms with Crippen LogP contribution in [0.15, 0.2) is 12.2 Å². The Morgan fingerprint density at radius 1 is 1.44 bits per heavy atom. The van der Waals surface area contributed by atoms with Crippen molar-refractivity contribution in [3.8, 4) is 0 Å². The van der Waals surface area contributed by atoms with Gasteiger partial charge in [0.2, 0.25) is 0 Å². The number of carbonyl (C=O) groups excluding carboxylic acids is 1. The Balaban J connectivity index is 2.05. The predicted molar refractivity (Wildman–Crippen MR) is 61.8 cm³/mol. The first kappa shape index (κ1) is 10.4. The molecule has 1 spiro atoms. The zero-order valence-corrected chi connectivity index (χ0v) is 10.00. The highest BCUT2D eigenvalue weighted by molar-refractivity contribution is 5.81. The van der Waals surface area contributed by atoms with Crippen molar-refractivity contribution in [2.75, 3.05) is 6.61 Å². The van der Waals surface area contributed by atoms with E-state index in [1.54, 1.807) is 0 Å². The Morgan fingerprint density at radius 3 is 3.06 bits per heavy atom. The van der Waals surface area contributed by atoms with Crippen LogP contribution in [0.25, 0.3) is 0 Å². The van der Waals surface area contributed by atoms with Gasteiger partial charge in [-0.2, -0.15) is 0 Å². The lowest BCUT2D eigenvalue weighted by molar-refractivity contribution is -0.154. The smallest absolute Gasteiger partial charge is 0.313 e. The van der Waals surface area contributed by atoms with Crippen LogP contribution in [0.4, 0.5) is 0 Å². The molecule has 0 N–H and O–H groups in total. The number of ether oxygens (including phenoxy) is 1. The number of carbonyl (C=O) groups is 1. The lowest BCUT2D eigenvalue weighted by Crippen LogP contribution is -2.49. The second kappa shape index (κ2) is 3.35. The van der Waals surface area contributed by atoms with Crippen molar-refractivity contribution in [2.45, 2.75) is 39.0 Å². The first-order valence-corrected chi connectivity index (χ1v) is 6.51. The molecule has 2 heteroatoms. The molecule has 0 amide bonds. The maximum atomic E-state index is 12.2. The van der Waals surface area contributed by atoms with E-state index in [2.05, 4.69) is 13.5 Å². The minimum atomic E-state index is -0.174. The Labute approximate surface area is 97.1 Å². The van der Waals surface area contributed by atoms with Crippen LogP contribution in [0.5, 0.6) is 0 Å². The molecule has 3 aliphatic rings. The summed E-state index contributed by atoms with van der Waals surface area (Å²) in [6, 6.07) is 0. The van der Waals surface area contributed by atoms with Gasteiger partial charge in [-0.3, -0.25) is 4.79 Å². The Morgan fingerprint density at radius 2 is 2.25 bits per heavy atom. The molecule has 1 heterocycles. The van der Waals surface area contributed by atoms with Crippen LogP contribution in [0.3, 0.4) is 0 Å². The topological polar surface area (TPSA) is 26.3 Å². The van der Waals surface area contributed by atoms with Gasteiger partial charge in [0.25, 0.3) is 0 Å². The zero-order chi connectivity index (χ0) is 11.3. The summed E-state index contributed by atoms with van der Waals surface area (Å²) in [5.41, 5.74) is 1.09. The molecule has 2 saturated carbocycles. The summed E-state index contributed by atoms with van der Waals surface area (Å²) in [6.07, 6.45) is 5.73. The van der Waals surface area contributed by atoms with Crippen molar-refractivity contribution in [1.29, 1.82) is 0 Å². The Bertz CT molecular complexity index is 347. The molecule has 0 unspecified atom stereocenters. The molecule has 1 aliphatic heterocycles. The van der Waals surface area contributed by atoms with E-state index in [0.29, 0.717) is 24.4 Å². The first-order valence-electron chi connectivity index (χ1n) is 6.51. The van der Waals surface area contributed by atoms with Gasteiger partial charge in [-0.15, -0.1) is 0 Å². The number of cyclic esters (lactones) is 1. The number of hydrogen-bond donors (Lipinski definition) is 0. The molecule has 1 saturated heterocycles. The third-order valence-electron chi connectivity index (χ3n) is 5.25. The van der Waals surface area contributed by atoms with Gasteiger partial charge in [0, 0.05) is 5.92 Å². The van der Waals surface area contributed by atoms with Crippen LogP contribution >= 0.6 is 0 Å². The summed E-state index contributed by atoms with van der Waals surface area (Å²) in [5.74, 6) is 1.62. The van der Waals surface area contributed by atoms with Crippen molar-refractivity contribution in [3.05, 3.63) is 12.2 Å². The van der Waals surface area contributed by atoms with Crippen molar-refractivity contribution in [1.82, 2.24) is 0 Å². The Kier molecular flexibility index (Phi) is 2.17. The van der Waals surface area contributed by atoms with E-state index < -0.39 is 0 Å². The lowest BCUT2D eigenvalue weighted by Gasteiger charge is -2.49. The summed E-state index contributed by atoms with van der Waals surface area (Å²) >= 11 is 0. The van der Waals surface area contributed by atoms with Gasteiger partial charge in [-0.1, -0.05) is 31.9 Å².